The molecule has 1 atom stereocenters. The topological polar surface area (TPSA) is 56.2 Å². The largest absolute Gasteiger partial charge is 0.469 e. The number of hydrogen-bond acceptors (Lipinski definition) is 3. The first-order valence-electron chi connectivity index (χ1n) is 9.44. The SMILES string of the molecule is C[C@@H](C1=C(c2c(N)ccc3ccccc23)CC(C)(C)CC1=O)c1ccco1. The number of fused-ring (bicyclic) bond motifs is 1. The quantitative estimate of drug-likeness (QED) is 0.587. The molecule has 0 saturated heterocycles. The summed E-state index contributed by atoms with van der Waals surface area (Å²) in [5, 5.41) is 2.23. The van der Waals surface area contributed by atoms with Crippen LogP contribution in [0, 0.1) is 5.41 Å². The van der Waals surface area contributed by atoms with Crippen LogP contribution in [0.15, 0.2) is 64.8 Å². The molecule has 4 rings (SSSR count). The number of carbonyl (C=O) groups is 1. The standard InChI is InChI=1S/C24H25NO2/c1-15(21-9-6-12-27-21)22-18(13-24(2,3)14-20(22)26)23-17-8-5-4-7-16(17)10-11-19(23)25/h4-12,15H,13-14,25H2,1-3H3/t15-/m1/s1. The second-order valence-corrected chi connectivity index (χ2v) is 8.32. The number of nitrogens with two attached hydrogens (primary N) is 1. The highest BCUT2D eigenvalue weighted by molar-refractivity contribution is 6.10. The van der Waals surface area contributed by atoms with Gasteiger partial charge in [-0.15, -0.1) is 0 Å². The number of hydrogen-bond donors (Lipinski definition) is 1. The number of rotatable bonds is 3. The van der Waals surface area contributed by atoms with E-state index in [9.17, 15) is 4.79 Å². The maximum absolute atomic E-state index is 13.2. The number of allylic oxidation sites excluding steroid dienone is 2. The number of anilines is 1. The third-order valence-corrected chi connectivity index (χ3v) is 5.59. The van der Waals surface area contributed by atoms with E-state index >= 15 is 0 Å². The summed E-state index contributed by atoms with van der Waals surface area (Å²) in [7, 11) is 0. The molecule has 2 N–H and O–H groups in total. The van der Waals surface area contributed by atoms with Gasteiger partial charge in [0.05, 0.1) is 6.26 Å². The molecule has 0 spiro atoms. The Kier molecular flexibility index (Phi) is 4.18. The second-order valence-electron chi connectivity index (χ2n) is 8.32. The van der Waals surface area contributed by atoms with Gasteiger partial charge in [0.2, 0.25) is 0 Å². The Labute approximate surface area is 159 Å². The van der Waals surface area contributed by atoms with E-state index in [1.807, 2.05) is 43.3 Å². The molecule has 0 aliphatic heterocycles. The van der Waals surface area contributed by atoms with Gasteiger partial charge in [0.1, 0.15) is 5.76 Å². The normalized spacial score (nSPS) is 18.1. The minimum absolute atomic E-state index is 0.0951. The van der Waals surface area contributed by atoms with Gasteiger partial charge in [0.25, 0.3) is 0 Å². The lowest BCUT2D eigenvalue weighted by Gasteiger charge is -2.35. The fraction of sp³-hybridized carbons (Fsp3) is 0.292. The van der Waals surface area contributed by atoms with Crippen molar-refractivity contribution in [3.63, 3.8) is 0 Å². The number of furan rings is 1. The molecule has 3 nitrogen and oxygen atoms in total. The molecule has 3 aromatic rings. The van der Waals surface area contributed by atoms with Crippen molar-refractivity contribution in [1.29, 1.82) is 0 Å². The molecule has 0 saturated carbocycles. The Morgan fingerprint density at radius 2 is 1.81 bits per heavy atom. The maximum Gasteiger partial charge on any atom is 0.160 e. The van der Waals surface area contributed by atoms with E-state index in [1.165, 1.54) is 0 Å². The maximum atomic E-state index is 13.2. The van der Waals surface area contributed by atoms with E-state index in [1.54, 1.807) is 6.26 Å². The predicted octanol–water partition coefficient (Wildman–Crippen LogP) is 5.96. The molecular weight excluding hydrogens is 334 g/mol. The van der Waals surface area contributed by atoms with E-state index in [-0.39, 0.29) is 17.1 Å². The number of carbonyl (C=O) groups excluding carboxylic acids is 1. The molecular formula is C24H25NO2. The first-order valence-corrected chi connectivity index (χ1v) is 9.44. The van der Waals surface area contributed by atoms with Crippen molar-refractivity contribution in [3.05, 3.63) is 71.7 Å². The van der Waals surface area contributed by atoms with Crippen LogP contribution in [0.2, 0.25) is 0 Å². The zero-order chi connectivity index (χ0) is 19.2. The highest BCUT2D eigenvalue weighted by atomic mass is 16.3. The van der Waals surface area contributed by atoms with Crippen molar-refractivity contribution in [3.8, 4) is 0 Å². The zero-order valence-corrected chi connectivity index (χ0v) is 16.1. The summed E-state index contributed by atoms with van der Waals surface area (Å²) in [6, 6.07) is 16.0. The smallest absolute Gasteiger partial charge is 0.160 e. The Morgan fingerprint density at radius 1 is 1.04 bits per heavy atom. The van der Waals surface area contributed by atoms with E-state index in [4.69, 9.17) is 10.2 Å². The molecule has 0 radical (unpaired) electrons. The molecule has 1 aliphatic carbocycles. The molecule has 0 unspecified atom stereocenters. The molecule has 138 valence electrons. The Balaban J connectivity index is 2.03. The molecule has 1 aliphatic rings. The average Bonchev–Trinajstić information content (AvgIpc) is 3.14. The van der Waals surface area contributed by atoms with E-state index < -0.39 is 0 Å². The summed E-state index contributed by atoms with van der Waals surface area (Å²) in [5.74, 6) is 0.906. The highest BCUT2D eigenvalue weighted by Gasteiger charge is 2.37. The van der Waals surface area contributed by atoms with Crippen molar-refractivity contribution in [2.24, 2.45) is 5.41 Å². The van der Waals surface area contributed by atoms with Gasteiger partial charge in [0, 0.05) is 29.2 Å². The lowest BCUT2D eigenvalue weighted by atomic mass is 9.68. The summed E-state index contributed by atoms with van der Waals surface area (Å²) >= 11 is 0. The summed E-state index contributed by atoms with van der Waals surface area (Å²) in [6.45, 7) is 6.35. The summed E-state index contributed by atoms with van der Waals surface area (Å²) in [6.07, 6.45) is 3.02. The number of nitrogen functional groups attached to an aromatic ring is 1. The van der Waals surface area contributed by atoms with Crippen molar-refractivity contribution in [2.45, 2.75) is 39.5 Å². The summed E-state index contributed by atoms with van der Waals surface area (Å²) in [5.41, 5.74) is 10.00. The predicted molar refractivity (Wildman–Crippen MR) is 110 cm³/mol. The summed E-state index contributed by atoms with van der Waals surface area (Å²) in [4.78, 5) is 13.2. The Bertz CT molecular complexity index is 1040. The van der Waals surface area contributed by atoms with Crippen LogP contribution in [0.4, 0.5) is 5.69 Å². The third kappa shape index (κ3) is 3.08. The van der Waals surface area contributed by atoms with Gasteiger partial charge in [-0.2, -0.15) is 0 Å². The van der Waals surface area contributed by atoms with E-state index in [2.05, 4.69) is 26.0 Å². The van der Waals surface area contributed by atoms with Gasteiger partial charge in [-0.3, -0.25) is 4.79 Å². The van der Waals surface area contributed by atoms with Gasteiger partial charge in [-0.05, 0) is 46.4 Å². The van der Waals surface area contributed by atoms with E-state index in [0.717, 1.165) is 45.4 Å². The fourth-order valence-corrected chi connectivity index (χ4v) is 4.37. The number of benzene rings is 2. The first kappa shape index (κ1) is 17.6. The highest BCUT2D eigenvalue weighted by Crippen LogP contribution is 2.48. The number of ketones is 1. The lowest BCUT2D eigenvalue weighted by molar-refractivity contribution is -0.118. The van der Waals surface area contributed by atoms with Crippen LogP contribution in [-0.2, 0) is 4.79 Å². The van der Waals surface area contributed by atoms with Crippen LogP contribution in [0.1, 0.15) is 50.9 Å². The summed E-state index contributed by atoms with van der Waals surface area (Å²) < 4.78 is 5.63. The molecule has 27 heavy (non-hydrogen) atoms. The van der Waals surface area contributed by atoms with Crippen LogP contribution in [0.5, 0.6) is 0 Å². The minimum atomic E-state index is -0.100. The molecule has 1 heterocycles. The number of Topliss-reactive ketones (excluding diaryl/α,β-unsaturated/α-hetero) is 1. The van der Waals surface area contributed by atoms with Crippen molar-refractivity contribution < 1.29 is 9.21 Å². The van der Waals surface area contributed by atoms with Crippen molar-refractivity contribution in [1.82, 2.24) is 0 Å². The van der Waals surface area contributed by atoms with Gasteiger partial charge in [0.15, 0.2) is 5.78 Å². The van der Waals surface area contributed by atoms with Crippen LogP contribution in [-0.4, -0.2) is 5.78 Å². The molecule has 3 heteroatoms. The molecule has 0 bridgehead atoms. The fourth-order valence-electron chi connectivity index (χ4n) is 4.37. The second kappa shape index (κ2) is 6.41. The molecule has 1 aromatic heterocycles. The lowest BCUT2D eigenvalue weighted by Crippen LogP contribution is -2.27. The van der Waals surface area contributed by atoms with Crippen LogP contribution >= 0.6 is 0 Å². The molecule has 0 fully saturated rings. The Hall–Kier alpha value is -2.81. The van der Waals surface area contributed by atoms with Gasteiger partial charge < -0.3 is 10.2 Å². The van der Waals surface area contributed by atoms with Crippen molar-refractivity contribution >= 4 is 27.8 Å². The van der Waals surface area contributed by atoms with Crippen molar-refractivity contribution in [2.75, 3.05) is 5.73 Å². The van der Waals surface area contributed by atoms with Crippen LogP contribution in [0.3, 0.4) is 0 Å². The van der Waals surface area contributed by atoms with Gasteiger partial charge in [-0.25, -0.2) is 0 Å². The zero-order valence-electron chi connectivity index (χ0n) is 16.1. The van der Waals surface area contributed by atoms with Crippen LogP contribution < -0.4 is 5.73 Å². The minimum Gasteiger partial charge on any atom is -0.469 e. The first-order chi connectivity index (χ1) is 12.9. The van der Waals surface area contributed by atoms with E-state index in [0.29, 0.717) is 6.42 Å². The Morgan fingerprint density at radius 3 is 2.56 bits per heavy atom. The third-order valence-electron chi connectivity index (χ3n) is 5.59. The molecule has 2 aromatic carbocycles. The van der Waals surface area contributed by atoms with Gasteiger partial charge in [-0.1, -0.05) is 51.1 Å². The van der Waals surface area contributed by atoms with Crippen LogP contribution in [0.25, 0.3) is 16.3 Å². The average molecular weight is 359 g/mol. The monoisotopic (exact) mass is 359 g/mol. The molecule has 0 amide bonds. The van der Waals surface area contributed by atoms with Gasteiger partial charge >= 0.3 is 0 Å².